The fraction of sp³-hybridized carbons (Fsp3) is 0.571. The van der Waals surface area contributed by atoms with E-state index in [2.05, 4.69) is 20.4 Å². The van der Waals surface area contributed by atoms with Crippen molar-refractivity contribution in [3.8, 4) is 17.1 Å². The molecule has 8 heteroatoms. The number of hydrogen-bond acceptors (Lipinski definition) is 7. The summed E-state index contributed by atoms with van der Waals surface area (Å²) in [4.78, 5) is 19.3. The molecule has 156 valence electrons. The molecule has 0 radical (unpaired) electrons. The Bertz CT molecular complexity index is 801. The number of methoxy groups -OCH3 is 1. The lowest BCUT2D eigenvalue weighted by Gasteiger charge is -2.31. The van der Waals surface area contributed by atoms with Crippen LogP contribution in [0.5, 0.6) is 5.75 Å². The third-order valence-electron chi connectivity index (χ3n) is 5.58. The van der Waals surface area contributed by atoms with Crippen LogP contribution in [0.3, 0.4) is 0 Å². The van der Waals surface area contributed by atoms with Crippen LogP contribution in [0.15, 0.2) is 28.8 Å². The summed E-state index contributed by atoms with van der Waals surface area (Å²) in [6, 6.07) is 7.55. The van der Waals surface area contributed by atoms with E-state index in [4.69, 9.17) is 14.0 Å². The average molecular weight is 400 g/mol. The first-order chi connectivity index (χ1) is 14.2. The van der Waals surface area contributed by atoms with Gasteiger partial charge >= 0.3 is 0 Å². The normalized spacial score (nSPS) is 22.5. The third-order valence-corrected chi connectivity index (χ3v) is 5.58. The number of piperidine rings is 1. The molecule has 2 saturated heterocycles. The molecule has 0 bridgehead atoms. The number of carbonyl (C=O) groups excluding carboxylic acids is 1. The molecule has 2 fully saturated rings. The van der Waals surface area contributed by atoms with Crippen LogP contribution in [0.4, 0.5) is 0 Å². The molecule has 4 rings (SSSR count). The Morgan fingerprint density at radius 3 is 2.90 bits per heavy atom. The summed E-state index contributed by atoms with van der Waals surface area (Å²) < 4.78 is 16.2. The summed E-state index contributed by atoms with van der Waals surface area (Å²) in [7, 11) is 1.64. The van der Waals surface area contributed by atoms with Gasteiger partial charge < -0.3 is 19.3 Å². The van der Waals surface area contributed by atoms with Gasteiger partial charge in [0.2, 0.25) is 17.6 Å². The topological polar surface area (TPSA) is 89.7 Å². The highest BCUT2D eigenvalue weighted by atomic mass is 16.5. The van der Waals surface area contributed by atoms with Gasteiger partial charge in [-0.25, -0.2) is 0 Å². The number of rotatable bonds is 7. The summed E-state index contributed by atoms with van der Waals surface area (Å²) >= 11 is 0. The van der Waals surface area contributed by atoms with Crippen LogP contribution < -0.4 is 10.1 Å². The lowest BCUT2D eigenvalue weighted by atomic mass is 9.97. The fourth-order valence-corrected chi connectivity index (χ4v) is 3.94. The molecule has 0 saturated carbocycles. The molecule has 1 amide bonds. The van der Waals surface area contributed by atoms with Crippen molar-refractivity contribution < 1.29 is 18.8 Å². The minimum Gasteiger partial charge on any atom is -0.497 e. The Kier molecular flexibility index (Phi) is 6.41. The Morgan fingerprint density at radius 1 is 1.28 bits per heavy atom. The molecule has 2 aliphatic rings. The predicted molar refractivity (Wildman–Crippen MR) is 106 cm³/mol. The number of likely N-dealkylation sites (tertiary alicyclic amines) is 1. The number of carbonyl (C=O) groups is 1. The summed E-state index contributed by atoms with van der Waals surface area (Å²) in [5.41, 5.74) is 0.880. The van der Waals surface area contributed by atoms with Crippen molar-refractivity contribution in [1.82, 2.24) is 20.4 Å². The van der Waals surface area contributed by atoms with Crippen LogP contribution in [0, 0.1) is 5.92 Å². The van der Waals surface area contributed by atoms with Crippen molar-refractivity contribution in [2.45, 2.75) is 38.3 Å². The number of hydrogen-bond donors (Lipinski definition) is 1. The van der Waals surface area contributed by atoms with Gasteiger partial charge in [0, 0.05) is 25.3 Å². The third kappa shape index (κ3) is 5.13. The molecule has 0 aliphatic carbocycles. The fourth-order valence-electron chi connectivity index (χ4n) is 3.94. The highest BCUT2D eigenvalue weighted by Crippen LogP contribution is 2.22. The second-order valence-corrected chi connectivity index (χ2v) is 7.69. The number of aromatic nitrogens is 2. The van der Waals surface area contributed by atoms with E-state index in [0.717, 1.165) is 50.1 Å². The molecule has 2 unspecified atom stereocenters. The minimum atomic E-state index is -0.00543. The molecule has 1 aromatic heterocycles. The summed E-state index contributed by atoms with van der Waals surface area (Å²) in [5, 5.41) is 7.15. The number of nitrogens with zero attached hydrogens (tertiary/aromatic N) is 3. The first-order valence-corrected chi connectivity index (χ1v) is 10.3. The van der Waals surface area contributed by atoms with Crippen LogP contribution >= 0.6 is 0 Å². The Hall–Kier alpha value is -2.45. The zero-order chi connectivity index (χ0) is 20.1. The number of amides is 1. The van der Waals surface area contributed by atoms with Gasteiger partial charge in [0.1, 0.15) is 5.75 Å². The molecule has 0 spiro atoms. The number of nitrogens with one attached hydrogen (secondary N) is 1. The maximum absolute atomic E-state index is 12.5. The van der Waals surface area contributed by atoms with E-state index in [9.17, 15) is 4.79 Å². The van der Waals surface area contributed by atoms with Crippen LogP contribution in [-0.4, -0.2) is 60.4 Å². The van der Waals surface area contributed by atoms with Gasteiger partial charge in [0.15, 0.2) is 0 Å². The standard InChI is InChI=1S/C21H28N4O4/c1-27-17-8-6-15(7-9-17)20-23-19(29-24-20)14-25-10-2-4-16(13-25)21(26)22-12-18-5-3-11-28-18/h6-9,16,18H,2-5,10-14H2,1H3,(H,22,26). The maximum atomic E-state index is 12.5. The second-order valence-electron chi connectivity index (χ2n) is 7.69. The van der Waals surface area contributed by atoms with Crippen molar-refractivity contribution in [3.63, 3.8) is 0 Å². The van der Waals surface area contributed by atoms with E-state index in [1.807, 2.05) is 24.3 Å². The molecule has 2 atom stereocenters. The van der Waals surface area contributed by atoms with Crippen molar-refractivity contribution in [2.24, 2.45) is 5.92 Å². The maximum Gasteiger partial charge on any atom is 0.241 e. The van der Waals surface area contributed by atoms with Crippen LogP contribution in [-0.2, 0) is 16.1 Å². The summed E-state index contributed by atoms with van der Waals surface area (Å²) in [5.74, 6) is 2.03. The Balaban J connectivity index is 1.29. The molecule has 1 N–H and O–H groups in total. The van der Waals surface area contributed by atoms with Crippen LogP contribution in [0.2, 0.25) is 0 Å². The molecule has 8 nitrogen and oxygen atoms in total. The smallest absolute Gasteiger partial charge is 0.241 e. The first kappa shape index (κ1) is 19.8. The largest absolute Gasteiger partial charge is 0.497 e. The summed E-state index contributed by atoms with van der Waals surface area (Å²) in [6.45, 7) is 3.61. The van der Waals surface area contributed by atoms with E-state index >= 15 is 0 Å². The molecule has 29 heavy (non-hydrogen) atoms. The number of benzene rings is 1. The molecule has 1 aromatic carbocycles. The van der Waals surface area contributed by atoms with Crippen molar-refractivity contribution in [3.05, 3.63) is 30.2 Å². The van der Waals surface area contributed by atoms with Gasteiger partial charge in [-0.2, -0.15) is 4.98 Å². The highest BCUT2D eigenvalue weighted by Gasteiger charge is 2.27. The first-order valence-electron chi connectivity index (χ1n) is 10.3. The van der Waals surface area contributed by atoms with Crippen molar-refractivity contribution in [2.75, 3.05) is 33.4 Å². The van der Waals surface area contributed by atoms with Crippen LogP contribution in [0.1, 0.15) is 31.6 Å². The van der Waals surface area contributed by atoms with Gasteiger partial charge in [0.25, 0.3) is 0 Å². The van der Waals surface area contributed by atoms with Gasteiger partial charge in [-0.1, -0.05) is 5.16 Å². The average Bonchev–Trinajstić information content (AvgIpc) is 3.44. The monoisotopic (exact) mass is 400 g/mol. The van der Waals surface area contributed by atoms with Crippen LogP contribution in [0.25, 0.3) is 11.4 Å². The zero-order valence-corrected chi connectivity index (χ0v) is 16.8. The second kappa shape index (κ2) is 9.37. The molecular weight excluding hydrogens is 372 g/mol. The Morgan fingerprint density at radius 2 is 2.14 bits per heavy atom. The van der Waals surface area contributed by atoms with Gasteiger partial charge in [-0.05, 0) is 56.5 Å². The van der Waals surface area contributed by atoms with E-state index in [-0.39, 0.29) is 17.9 Å². The highest BCUT2D eigenvalue weighted by molar-refractivity contribution is 5.79. The molecule has 2 aromatic rings. The lowest BCUT2D eigenvalue weighted by Crippen LogP contribution is -2.44. The van der Waals surface area contributed by atoms with Crippen molar-refractivity contribution >= 4 is 5.91 Å². The van der Waals surface area contributed by atoms with E-state index in [1.54, 1.807) is 7.11 Å². The SMILES string of the molecule is COc1ccc(-c2noc(CN3CCCC(C(=O)NCC4CCCO4)C3)n2)cc1. The van der Waals surface area contributed by atoms with Gasteiger partial charge in [0.05, 0.1) is 25.7 Å². The van der Waals surface area contributed by atoms with Crippen molar-refractivity contribution in [1.29, 1.82) is 0 Å². The minimum absolute atomic E-state index is 0.00543. The Labute approximate surface area is 170 Å². The van der Waals surface area contributed by atoms with Gasteiger partial charge in [-0.3, -0.25) is 9.69 Å². The number of ether oxygens (including phenoxy) is 2. The summed E-state index contributed by atoms with van der Waals surface area (Å²) in [6.07, 6.45) is 4.19. The lowest BCUT2D eigenvalue weighted by molar-refractivity contribution is -0.127. The molecule has 3 heterocycles. The van der Waals surface area contributed by atoms with E-state index in [1.165, 1.54) is 0 Å². The molecular formula is C21H28N4O4. The van der Waals surface area contributed by atoms with E-state index < -0.39 is 0 Å². The van der Waals surface area contributed by atoms with E-state index in [0.29, 0.717) is 31.3 Å². The van der Waals surface area contributed by atoms with Gasteiger partial charge in [-0.15, -0.1) is 0 Å². The zero-order valence-electron chi connectivity index (χ0n) is 16.8. The predicted octanol–water partition coefficient (Wildman–Crippen LogP) is 2.25. The quantitative estimate of drug-likeness (QED) is 0.762. The molecule has 2 aliphatic heterocycles.